The third-order valence-electron chi connectivity index (χ3n) is 2.76. The molecule has 0 spiro atoms. The molecule has 4 heteroatoms. The summed E-state index contributed by atoms with van der Waals surface area (Å²) >= 11 is 5.84. The van der Waals surface area contributed by atoms with Gasteiger partial charge in [0.15, 0.2) is 0 Å². The number of alkyl halides is 1. The van der Waals surface area contributed by atoms with Gasteiger partial charge in [-0.25, -0.2) is 0 Å². The highest BCUT2D eigenvalue weighted by atomic mass is 35.5. The van der Waals surface area contributed by atoms with E-state index in [0.29, 0.717) is 5.88 Å². The number of hydrogen-bond acceptors (Lipinski definition) is 3. The van der Waals surface area contributed by atoms with Crippen molar-refractivity contribution in [1.82, 2.24) is 4.98 Å². The van der Waals surface area contributed by atoms with Crippen molar-refractivity contribution in [1.29, 1.82) is 0 Å². The first-order valence-electron chi connectivity index (χ1n) is 5.16. The predicted molar refractivity (Wildman–Crippen MR) is 61.6 cm³/mol. The minimum atomic E-state index is 0.476. The van der Waals surface area contributed by atoms with Crippen molar-refractivity contribution < 1.29 is 4.74 Å². The van der Waals surface area contributed by atoms with E-state index in [2.05, 4.69) is 22.9 Å². The van der Waals surface area contributed by atoms with Gasteiger partial charge in [-0.15, -0.1) is 11.6 Å². The molecule has 15 heavy (non-hydrogen) atoms. The van der Waals surface area contributed by atoms with Gasteiger partial charge in [0.2, 0.25) is 0 Å². The molecule has 1 aromatic rings. The minimum absolute atomic E-state index is 0.476. The largest absolute Gasteiger partial charge is 0.378 e. The van der Waals surface area contributed by atoms with E-state index < -0.39 is 0 Å². The van der Waals surface area contributed by atoms with E-state index in [4.69, 9.17) is 16.3 Å². The number of anilines is 1. The maximum Gasteiger partial charge on any atom is 0.0650 e. The van der Waals surface area contributed by atoms with E-state index in [0.717, 1.165) is 32.0 Å². The quantitative estimate of drug-likeness (QED) is 0.721. The molecule has 1 aliphatic rings. The number of aromatic nitrogens is 1. The molecule has 0 amide bonds. The van der Waals surface area contributed by atoms with Crippen LogP contribution in [0.2, 0.25) is 0 Å². The molecule has 0 N–H and O–H groups in total. The summed E-state index contributed by atoms with van der Waals surface area (Å²) in [5.74, 6) is 0.476. The van der Waals surface area contributed by atoms with Gasteiger partial charge in [-0.3, -0.25) is 4.98 Å². The van der Waals surface area contributed by atoms with E-state index in [1.165, 1.54) is 11.3 Å². The fourth-order valence-electron chi connectivity index (χ4n) is 1.85. The van der Waals surface area contributed by atoms with Crippen LogP contribution in [0.3, 0.4) is 0 Å². The number of morpholine rings is 1. The predicted octanol–water partition coefficient (Wildman–Crippen LogP) is 1.97. The first-order valence-corrected chi connectivity index (χ1v) is 5.69. The Balaban J connectivity index is 2.26. The molecular weight excluding hydrogens is 212 g/mol. The Morgan fingerprint density at radius 3 is 2.87 bits per heavy atom. The lowest BCUT2D eigenvalue weighted by Crippen LogP contribution is -2.36. The molecule has 0 atom stereocenters. The van der Waals surface area contributed by atoms with Gasteiger partial charge in [-0.1, -0.05) is 0 Å². The second-order valence-corrected chi connectivity index (χ2v) is 3.90. The molecule has 1 aromatic heterocycles. The van der Waals surface area contributed by atoms with Gasteiger partial charge < -0.3 is 9.64 Å². The van der Waals surface area contributed by atoms with Crippen LogP contribution in [0.15, 0.2) is 12.3 Å². The Labute approximate surface area is 95.0 Å². The lowest BCUT2D eigenvalue weighted by Gasteiger charge is -2.30. The van der Waals surface area contributed by atoms with Crippen molar-refractivity contribution in [3.63, 3.8) is 0 Å². The summed E-state index contributed by atoms with van der Waals surface area (Å²) in [6.07, 6.45) is 1.83. The van der Waals surface area contributed by atoms with Crippen LogP contribution in [0.25, 0.3) is 0 Å². The fraction of sp³-hybridized carbons (Fsp3) is 0.545. The summed E-state index contributed by atoms with van der Waals surface area (Å²) in [6.45, 7) is 5.59. The molecule has 1 saturated heterocycles. The van der Waals surface area contributed by atoms with Crippen molar-refractivity contribution in [3.8, 4) is 0 Å². The van der Waals surface area contributed by atoms with E-state index in [1.54, 1.807) is 0 Å². The van der Waals surface area contributed by atoms with E-state index in [9.17, 15) is 0 Å². The Kier molecular flexibility index (Phi) is 3.44. The summed E-state index contributed by atoms with van der Waals surface area (Å²) < 4.78 is 5.33. The van der Waals surface area contributed by atoms with Crippen molar-refractivity contribution >= 4 is 17.3 Å². The van der Waals surface area contributed by atoms with Crippen LogP contribution in [-0.2, 0) is 10.6 Å². The van der Waals surface area contributed by atoms with Crippen molar-refractivity contribution in [2.75, 3.05) is 31.2 Å². The Hall–Kier alpha value is -0.800. The molecular formula is C11H15ClN2O. The average molecular weight is 227 g/mol. The maximum atomic E-state index is 5.84. The van der Waals surface area contributed by atoms with Crippen LogP contribution in [-0.4, -0.2) is 31.3 Å². The van der Waals surface area contributed by atoms with Gasteiger partial charge in [0.25, 0.3) is 0 Å². The molecule has 3 nitrogen and oxygen atoms in total. The fourth-order valence-corrected chi connectivity index (χ4v) is 2.12. The lowest BCUT2D eigenvalue weighted by molar-refractivity contribution is 0.122. The number of hydrogen-bond donors (Lipinski definition) is 0. The number of pyridine rings is 1. The van der Waals surface area contributed by atoms with Crippen molar-refractivity contribution in [2.24, 2.45) is 0 Å². The first-order chi connectivity index (χ1) is 7.33. The highest BCUT2D eigenvalue weighted by Crippen LogP contribution is 2.23. The lowest BCUT2D eigenvalue weighted by atomic mass is 10.1. The minimum Gasteiger partial charge on any atom is -0.378 e. The van der Waals surface area contributed by atoms with Gasteiger partial charge >= 0.3 is 0 Å². The van der Waals surface area contributed by atoms with Crippen LogP contribution in [0.1, 0.15) is 11.3 Å². The van der Waals surface area contributed by atoms with Crippen LogP contribution in [0, 0.1) is 6.92 Å². The van der Waals surface area contributed by atoms with Crippen LogP contribution in [0.5, 0.6) is 0 Å². The topological polar surface area (TPSA) is 25.4 Å². The summed E-state index contributed by atoms with van der Waals surface area (Å²) in [7, 11) is 0. The van der Waals surface area contributed by atoms with Crippen LogP contribution < -0.4 is 4.90 Å². The third-order valence-corrected chi connectivity index (χ3v) is 3.01. The van der Waals surface area contributed by atoms with E-state index >= 15 is 0 Å². The molecule has 1 fully saturated rings. The highest BCUT2D eigenvalue weighted by Gasteiger charge is 2.14. The van der Waals surface area contributed by atoms with Gasteiger partial charge in [-0.2, -0.15) is 0 Å². The molecule has 0 unspecified atom stereocenters. The van der Waals surface area contributed by atoms with E-state index in [-0.39, 0.29) is 0 Å². The Morgan fingerprint density at radius 1 is 1.47 bits per heavy atom. The monoisotopic (exact) mass is 226 g/mol. The molecule has 0 aromatic carbocycles. The van der Waals surface area contributed by atoms with Crippen molar-refractivity contribution in [3.05, 3.63) is 23.5 Å². The third kappa shape index (κ3) is 2.24. The van der Waals surface area contributed by atoms with Crippen LogP contribution in [0.4, 0.5) is 5.69 Å². The zero-order valence-corrected chi connectivity index (χ0v) is 9.63. The van der Waals surface area contributed by atoms with Gasteiger partial charge in [0.1, 0.15) is 0 Å². The summed E-state index contributed by atoms with van der Waals surface area (Å²) in [4.78, 5) is 6.59. The Bertz CT molecular complexity index is 337. The molecule has 0 aliphatic carbocycles. The molecule has 1 aliphatic heterocycles. The SMILES string of the molecule is Cc1c(N2CCOCC2)ccnc1CCl. The Morgan fingerprint density at radius 2 is 2.20 bits per heavy atom. The number of rotatable bonds is 2. The summed E-state index contributed by atoms with van der Waals surface area (Å²) in [6, 6.07) is 2.05. The van der Waals surface area contributed by atoms with Gasteiger partial charge in [-0.05, 0) is 18.6 Å². The average Bonchev–Trinajstić information content (AvgIpc) is 2.30. The first kappa shape index (κ1) is 10.7. The normalized spacial score (nSPS) is 16.8. The number of ether oxygens (including phenoxy) is 1. The zero-order chi connectivity index (χ0) is 10.7. The molecule has 0 radical (unpaired) electrons. The molecule has 82 valence electrons. The van der Waals surface area contributed by atoms with Gasteiger partial charge in [0.05, 0.1) is 24.8 Å². The zero-order valence-electron chi connectivity index (χ0n) is 8.87. The smallest absolute Gasteiger partial charge is 0.0650 e. The molecule has 0 bridgehead atoms. The standard InChI is InChI=1S/C11H15ClN2O/c1-9-10(8-12)13-3-2-11(9)14-4-6-15-7-5-14/h2-3H,4-8H2,1H3. The molecule has 0 saturated carbocycles. The molecule has 2 heterocycles. The second kappa shape index (κ2) is 4.81. The molecule has 2 rings (SSSR count). The van der Waals surface area contributed by atoms with E-state index in [1.807, 2.05) is 6.20 Å². The van der Waals surface area contributed by atoms with Crippen LogP contribution >= 0.6 is 11.6 Å². The van der Waals surface area contributed by atoms with Crippen molar-refractivity contribution in [2.45, 2.75) is 12.8 Å². The number of halogens is 1. The summed E-state index contributed by atoms with van der Waals surface area (Å²) in [5, 5.41) is 0. The second-order valence-electron chi connectivity index (χ2n) is 3.63. The maximum absolute atomic E-state index is 5.84. The highest BCUT2D eigenvalue weighted by molar-refractivity contribution is 6.17. The van der Waals surface area contributed by atoms with Gasteiger partial charge in [0, 0.05) is 25.0 Å². The summed E-state index contributed by atoms with van der Waals surface area (Å²) in [5.41, 5.74) is 3.40. The number of nitrogens with zero attached hydrogens (tertiary/aromatic N) is 2.